The molecule has 0 unspecified atom stereocenters. The lowest BCUT2D eigenvalue weighted by Gasteiger charge is -2.21. The quantitative estimate of drug-likeness (QED) is 0.205. The highest BCUT2D eigenvalue weighted by Crippen LogP contribution is 2.49. The Kier molecular flexibility index (Phi) is 5.18. The van der Waals surface area contributed by atoms with Gasteiger partial charge in [0.15, 0.2) is 0 Å². The molecule has 0 atom stereocenters. The molecule has 210 valence electrons. The van der Waals surface area contributed by atoms with Gasteiger partial charge in [0, 0.05) is 42.8 Å². The minimum absolute atomic E-state index is 0.886. The van der Waals surface area contributed by atoms with E-state index in [0.717, 1.165) is 44.8 Å². The number of rotatable bonds is 3. The summed E-state index contributed by atoms with van der Waals surface area (Å²) < 4.78 is 4.90. The molecular weight excluding hydrogens is 569 g/mol. The number of hydrogen-bond acceptors (Lipinski definition) is 3. The number of fused-ring (bicyclic) bond motifs is 8. The van der Waals surface area contributed by atoms with Crippen LogP contribution in [0.3, 0.4) is 0 Å². The lowest BCUT2D eigenvalue weighted by Crippen LogP contribution is -2.05. The normalized spacial score (nSPS) is 12.4. The molecule has 4 heterocycles. The van der Waals surface area contributed by atoms with E-state index in [1.165, 1.54) is 42.8 Å². The molecule has 3 aromatic heterocycles. The van der Waals surface area contributed by atoms with Gasteiger partial charge in [-0.2, -0.15) is 0 Å². The van der Waals surface area contributed by atoms with Gasteiger partial charge in [0.2, 0.25) is 0 Å². The maximum atomic E-state index is 5.23. The van der Waals surface area contributed by atoms with E-state index in [1.54, 1.807) is 0 Å². The van der Waals surface area contributed by atoms with Crippen molar-refractivity contribution in [3.05, 3.63) is 146 Å². The summed E-state index contributed by atoms with van der Waals surface area (Å²) in [5, 5.41) is 3.71. The van der Waals surface area contributed by atoms with Crippen LogP contribution in [0.4, 0.5) is 0 Å². The van der Waals surface area contributed by atoms with Crippen LogP contribution in [0, 0.1) is 0 Å². The van der Waals surface area contributed by atoms with Gasteiger partial charge in [0.05, 0.1) is 39.1 Å². The highest BCUT2D eigenvalue weighted by molar-refractivity contribution is 7.99. The lowest BCUT2D eigenvalue weighted by atomic mass is 10.0. The van der Waals surface area contributed by atoms with E-state index in [9.17, 15) is 0 Å². The Balaban J connectivity index is 1.36. The standard InChI is InChI=1S/C40H24N4S/c1-3-12-25(13-4-1)37-38(42-31-18-8-7-17-30(31)41-37)26-22-23-32-29(24-26)36-28-16-11-21-35-39(28)44(33-19-9-10-20-34(33)45-35)40(36)43(32)27-14-5-2-6-15-27/h1-24H. The van der Waals surface area contributed by atoms with E-state index in [1.807, 2.05) is 42.1 Å². The van der Waals surface area contributed by atoms with Gasteiger partial charge in [0.25, 0.3) is 0 Å². The largest absolute Gasteiger partial charge is 0.295 e. The molecule has 0 radical (unpaired) electrons. The van der Waals surface area contributed by atoms with Crippen molar-refractivity contribution in [2.24, 2.45) is 0 Å². The van der Waals surface area contributed by atoms with Gasteiger partial charge in [-0.15, -0.1) is 0 Å². The van der Waals surface area contributed by atoms with Crippen LogP contribution in [-0.4, -0.2) is 19.1 Å². The predicted molar refractivity (Wildman–Crippen MR) is 186 cm³/mol. The zero-order chi connectivity index (χ0) is 29.5. The molecule has 9 aromatic rings. The molecule has 0 bridgehead atoms. The Hall–Kier alpha value is -5.65. The molecule has 45 heavy (non-hydrogen) atoms. The molecule has 1 aliphatic heterocycles. The van der Waals surface area contributed by atoms with Crippen LogP contribution >= 0.6 is 11.8 Å². The van der Waals surface area contributed by atoms with Crippen LogP contribution in [0.1, 0.15) is 0 Å². The molecule has 0 saturated carbocycles. The number of aromatic nitrogens is 4. The van der Waals surface area contributed by atoms with Gasteiger partial charge in [-0.05, 0) is 54.6 Å². The fourth-order valence-corrected chi connectivity index (χ4v) is 8.06. The van der Waals surface area contributed by atoms with Gasteiger partial charge in [-0.3, -0.25) is 9.13 Å². The second-order valence-corrected chi connectivity index (χ2v) is 12.5. The van der Waals surface area contributed by atoms with E-state index in [2.05, 4.69) is 124 Å². The van der Waals surface area contributed by atoms with Crippen molar-refractivity contribution >= 4 is 55.6 Å². The molecule has 0 aliphatic carbocycles. The number of hydrogen-bond donors (Lipinski definition) is 0. The van der Waals surface area contributed by atoms with Crippen molar-refractivity contribution in [1.82, 2.24) is 19.1 Å². The summed E-state index contributed by atoms with van der Waals surface area (Å²) >= 11 is 1.85. The van der Waals surface area contributed by atoms with E-state index < -0.39 is 0 Å². The van der Waals surface area contributed by atoms with E-state index >= 15 is 0 Å². The Morgan fingerprint density at radius 1 is 0.489 bits per heavy atom. The topological polar surface area (TPSA) is 35.6 Å². The van der Waals surface area contributed by atoms with Gasteiger partial charge >= 0.3 is 0 Å². The summed E-state index contributed by atoms with van der Waals surface area (Å²) in [5.41, 5.74) is 11.6. The Labute approximate surface area is 263 Å². The van der Waals surface area contributed by atoms with Crippen LogP contribution in [0.2, 0.25) is 0 Å². The third-order valence-electron chi connectivity index (χ3n) is 8.88. The van der Waals surface area contributed by atoms with E-state index in [4.69, 9.17) is 9.97 Å². The molecule has 0 saturated heterocycles. The summed E-state index contributed by atoms with van der Waals surface area (Å²) in [6.45, 7) is 0. The first kappa shape index (κ1) is 24.8. The first-order valence-corrected chi connectivity index (χ1v) is 15.9. The predicted octanol–water partition coefficient (Wildman–Crippen LogP) is 10.5. The lowest BCUT2D eigenvalue weighted by molar-refractivity contribution is 1.03. The monoisotopic (exact) mass is 592 g/mol. The summed E-state index contributed by atoms with van der Waals surface area (Å²) in [6, 6.07) is 51.5. The van der Waals surface area contributed by atoms with Crippen molar-refractivity contribution in [2.75, 3.05) is 0 Å². The Morgan fingerprint density at radius 3 is 1.96 bits per heavy atom. The average Bonchev–Trinajstić information content (AvgIpc) is 3.62. The Morgan fingerprint density at radius 2 is 1.16 bits per heavy atom. The molecule has 10 rings (SSSR count). The highest BCUT2D eigenvalue weighted by atomic mass is 32.2. The zero-order valence-corrected chi connectivity index (χ0v) is 24.9. The van der Waals surface area contributed by atoms with Crippen LogP contribution in [0.15, 0.2) is 155 Å². The molecule has 6 aromatic carbocycles. The molecular formula is C40H24N4S. The molecule has 1 aliphatic rings. The second kappa shape index (κ2) is 9.42. The summed E-state index contributed by atoms with van der Waals surface area (Å²) in [5.74, 6) is 0. The van der Waals surface area contributed by atoms with Crippen LogP contribution in [0.25, 0.3) is 77.8 Å². The van der Waals surface area contributed by atoms with Crippen molar-refractivity contribution in [3.63, 3.8) is 0 Å². The summed E-state index contributed by atoms with van der Waals surface area (Å²) in [7, 11) is 0. The average molecular weight is 593 g/mol. The van der Waals surface area contributed by atoms with Crippen molar-refractivity contribution in [2.45, 2.75) is 9.79 Å². The first-order chi connectivity index (χ1) is 22.3. The van der Waals surface area contributed by atoms with Gasteiger partial charge < -0.3 is 0 Å². The summed E-state index contributed by atoms with van der Waals surface area (Å²) in [4.78, 5) is 12.9. The minimum Gasteiger partial charge on any atom is -0.295 e. The maximum Gasteiger partial charge on any atom is 0.131 e. The van der Waals surface area contributed by atoms with Gasteiger partial charge in [-0.25, -0.2) is 9.97 Å². The highest BCUT2D eigenvalue weighted by Gasteiger charge is 2.28. The van der Waals surface area contributed by atoms with E-state index in [-0.39, 0.29) is 0 Å². The molecule has 4 nitrogen and oxygen atoms in total. The van der Waals surface area contributed by atoms with Crippen molar-refractivity contribution in [1.29, 1.82) is 0 Å². The SMILES string of the molecule is c1ccc(-c2nc3ccccc3nc2-c2ccc3c(c2)c2c4cccc5c4n(c2n3-c2ccccc2)-c2ccccc2S5)cc1. The molecule has 0 spiro atoms. The third-order valence-corrected chi connectivity index (χ3v) is 9.99. The first-order valence-electron chi connectivity index (χ1n) is 15.1. The van der Waals surface area contributed by atoms with Crippen LogP contribution in [-0.2, 0) is 0 Å². The fraction of sp³-hybridized carbons (Fsp3) is 0. The number of benzene rings is 6. The molecule has 5 heteroatoms. The smallest absolute Gasteiger partial charge is 0.131 e. The minimum atomic E-state index is 0.886. The van der Waals surface area contributed by atoms with Gasteiger partial charge in [0.1, 0.15) is 5.65 Å². The third kappa shape index (κ3) is 3.56. The second-order valence-electron chi connectivity index (χ2n) is 11.4. The van der Waals surface area contributed by atoms with Crippen molar-refractivity contribution in [3.8, 4) is 33.9 Å². The molecule has 0 amide bonds. The molecule has 0 fully saturated rings. The number of nitrogens with zero attached hydrogens (tertiary/aromatic N) is 4. The van der Waals surface area contributed by atoms with Crippen LogP contribution < -0.4 is 0 Å². The summed E-state index contributed by atoms with van der Waals surface area (Å²) in [6.07, 6.45) is 0. The van der Waals surface area contributed by atoms with Crippen molar-refractivity contribution < 1.29 is 0 Å². The fourth-order valence-electron chi connectivity index (χ4n) is 6.96. The van der Waals surface area contributed by atoms with Crippen LogP contribution in [0.5, 0.6) is 0 Å². The van der Waals surface area contributed by atoms with E-state index in [0.29, 0.717) is 0 Å². The van der Waals surface area contributed by atoms with Gasteiger partial charge in [-0.1, -0.05) is 103 Å². The Bertz CT molecular complexity index is 2620. The molecule has 0 N–H and O–H groups in total. The number of para-hydroxylation sites is 5. The maximum absolute atomic E-state index is 5.23. The zero-order valence-electron chi connectivity index (χ0n) is 24.1.